The van der Waals surface area contributed by atoms with E-state index in [2.05, 4.69) is 5.32 Å². The molecule has 55 heavy (non-hydrogen) atoms. The molecule has 4 fully saturated rings. The summed E-state index contributed by atoms with van der Waals surface area (Å²) < 4.78 is 0. The molecule has 0 aromatic heterocycles. The largest absolute Gasteiger partial charge is 0.480 e. The summed E-state index contributed by atoms with van der Waals surface area (Å²) in [6.45, 7) is 9.43. The van der Waals surface area contributed by atoms with Crippen LogP contribution in [0.4, 0.5) is 9.59 Å². The number of nitrogens with two attached hydrogens (primary N) is 1. The molecule has 4 N–H and O–H groups in total. The third-order valence-electron chi connectivity index (χ3n) is 10.6. The highest BCUT2D eigenvalue weighted by Crippen LogP contribution is 2.32. The Bertz CT molecular complexity index is 1610. The molecule has 15 heteroatoms. The number of piperidine rings is 2. The van der Waals surface area contributed by atoms with Gasteiger partial charge in [0.25, 0.3) is 0 Å². The van der Waals surface area contributed by atoms with Crippen LogP contribution in [0.1, 0.15) is 77.3 Å². The zero-order valence-electron chi connectivity index (χ0n) is 32.3. The molecule has 4 heterocycles. The number of carboxylic acids is 1. The lowest BCUT2D eigenvalue weighted by atomic mass is 9.99. The number of nitrogens with zero attached hydrogens (tertiary/aromatic N) is 4. The first-order valence-corrected chi connectivity index (χ1v) is 19.2. The molecule has 2 unspecified atom stereocenters. The van der Waals surface area contributed by atoms with E-state index in [-0.39, 0.29) is 66.5 Å². The first-order valence-electron chi connectivity index (χ1n) is 19.2. The summed E-state index contributed by atoms with van der Waals surface area (Å²) in [7, 11) is 0. The average molecular weight is 765 g/mol. The molecule has 0 radical (unpaired) electrons. The molecule has 15 nitrogen and oxygen atoms in total. The van der Waals surface area contributed by atoms with Gasteiger partial charge in [-0.25, -0.2) is 14.4 Å². The molecule has 0 saturated carbocycles. The van der Waals surface area contributed by atoms with Crippen molar-refractivity contribution in [3.63, 3.8) is 0 Å². The molecular formula is C40H56N6O9. The van der Waals surface area contributed by atoms with E-state index in [0.29, 0.717) is 52.0 Å². The van der Waals surface area contributed by atoms with E-state index in [4.69, 9.17) is 20.5 Å². The molecule has 4 aliphatic rings. The van der Waals surface area contributed by atoms with Crippen LogP contribution in [0.2, 0.25) is 0 Å². The van der Waals surface area contributed by atoms with Crippen LogP contribution in [0.5, 0.6) is 0 Å². The highest BCUT2D eigenvalue weighted by atomic mass is 16.7. The number of ketones is 2. The van der Waals surface area contributed by atoms with E-state index in [1.165, 1.54) is 15.0 Å². The van der Waals surface area contributed by atoms with Gasteiger partial charge in [0, 0.05) is 24.9 Å². The number of rotatable bonds is 15. The third kappa shape index (κ3) is 11.3. The molecular weight excluding hydrogens is 708 g/mol. The van der Waals surface area contributed by atoms with Crippen molar-refractivity contribution in [1.29, 1.82) is 0 Å². The van der Waals surface area contributed by atoms with Crippen LogP contribution in [0.25, 0.3) is 0 Å². The van der Waals surface area contributed by atoms with Crippen LogP contribution in [0.3, 0.4) is 0 Å². The average Bonchev–Trinajstić information content (AvgIpc) is 3.60. The van der Waals surface area contributed by atoms with Crippen molar-refractivity contribution < 1.29 is 43.5 Å². The summed E-state index contributed by atoms with van der Waals surface area (Å²) in [5, 5.41) is 14.6. The number of hydrogen-bond acceptors (Lipinski definition) is 9. The van der Waals surface area contributed by atoms with Crippen molar-refractivity contribution in [2.45, 2.75) is 104 Å². The fraction of sp³-hybridized carbons (Fsp3) is 0.550. The lowest BCUT2D eigenvalue weighted by Crippen LogP contribution is -2.50. The van der Waals surface area contributed by atoms with Gasteiger partial charge < -0.3 is 26.0 Å². The number of hydrogen-bond donors (Lipinski definition) is 3. The number of nitrogens with one attached hydrogen (secondary N) is 1. The summed E-state index contributed by atoms with van der Waals surface area (Å²) in [5.41, 5.74) is 7.06. The summed E-state index contributed by atoms with van der Waals surface area (Å²) >= 11 is 0. The summed E-state index contributed by atoms with van der Waals surface area (Å²) in [4.78, 5) is 85.4. The molecule has 5 amide bonds. The number of carbonyl (C=O) groups excluding carboxylic acids is 5. The van der Waals surface area contributed by atoms with Crippen LogP contribution < -0.4 is 11.1 Å². The molecule has 4 aliphatic heterocycles. The zero-order chi connectivity index (χ0) is 40.1. The van der Waals surface area contributed by atoms with Crippen LogP contribution in [0.15, 0.2) is 60.7 Å². The van der Waals surface area contributed by atoms with Crippen LogP contribution in [-0.4, -0.2) is 111 Å². The fourth-order valence-electron chi connectivity index (χ4n) is 6.68. The minimum absolute atomic E-state index is 0.0140. The van der Waals surface area contributed by atoms with Crippen molar-refractivity contribution in [2.75, 3.05) is 26.2 Å². The molecule has 2 aromatic carbocycles. The third-order valence-corrected chi connectivity index (χ3v) is 10.6. The normalized spacial score (nSPS) is 22.2. The highest BCUT2D eigenvalue weighted by Gasteiger charge is 2.49. The number of urea groups is 2. The monoisotopic (exact) mass is 764 g/mol. The molecule has 0 aliphatic carbocycles. The quantitative estimate of drug-likeness (QED) is 0.237. The number of amides is 5. The number of fused-ring (bicyclic) bond motifs is 4. The van der Waals surface area contributed by atoms with Crippen LogP contribution in [0, 0.1) is 11.8 Å². The summed E-state index contributed by atoms with van der Waals surface area (Å²) in [6.07, 6.45) is 4.07. The number of carboxylic acid groups (broad SMARTS) is 1. The summed E-state index contributed by atoms with van der Waals surface area (Å²) in [6, 6.07) is 17.3. The number of benzene rings is 2. The van der Waals surface area contributed by atoms with Gasteiger partial charge >= 0.3 is 18.0 Å². The van der Waals surface area contributed by atoms with Crippen LogP contribution in [-0.2, 0) is 42.1 Å². The fourth-order valence-corrected chi connectivity index (χ4v) is 6.68. The van der Waals surface area contributed by atoms with E-state index in [1.54, 1.807) is 4.90 Å². The molecule has 6 rings (SSSR count). The maximum Gasteiger partial charge on any atom is 0.345 e. The number of Topliss-reactive ketones (excluding diaryl/α,β-unsaturated/α-hetero) is 2. The molecule has 0 spiro atoms. The Balaban J connectivity index is 0.000000210. The van der Waals surface area contributed by atoms with E-state index in [1.807, 2.05) is 88.4 Å². The second-order valence-electron chi connectivity index (χ2n) is 14.3. The maximum atomic E-state index is 12.7. The minimum atomic E-state index is -0.943. The van der Waals surface area contributed by atoms with Gasteiger partial charge in [0.2, 0.25) is 5.91 Å². The molecule has 300 valence electrons. The molecule has 6 atom stereocenters. The first kappa shape index (κ1) is 42.9. The zero-order valence-corrected chi connectivity index (χ0v) is 32.3. The van der Waals surface area contributed by atoms with E-state index in [9.17, 15) is 28.8 Å². The Kier molecular flexibility index (Phi) is 16.2. The van der Waals surface area contributed by atoms with Gasteiger partial charge in [-0.05, 0) is 49.7 Å². The molecule has 4 saturated heterocycles. The van der Waals surface area contributed by atoms with Gasteiger partial charge in [-0.15, -0.1) is 0 Å². The standard InChI is InChI=1S/C20H27N3O4.C14H16N2O4.C6H13NO/c1-3-14(2)18(24)11-21-19(25)17-10-9-16-12-22(17)20(26)23(16)27-13-15-7-5-4-6-8-15;17-13(18)12-7-6-11-8-15(12)14(19)16(11)20-9-10-4-2-1-3-5-10;1-3-5(2)6(8)4-7/h4-8,14,16-17H,3,9-13H2,1-2H3,(H,21,25);1-5,11-12H,6-9H2,(H,17,18);5H,3-4,7H2,1-2H3/t14?,16-,17+;11-,12+;/m11./s1. The van der Waals surface area contributed by atoms with Crippen molar-refractivity contribution in [3.8, 4) is 0 Å². The second kappa shape index (κ2) is 20.7. The number of hydroxylamine groups is 4. The smallest absolute Gasteiger partial charge is 0.345 e. The SMILES string of the molecule is CCC(C)C(=O)CN.CCC(C)C(=O)CNC(=O)[C@@H]1CC[C@@H]2CN1C(=O)N2OCc1ccccc1.O=C(O)[C@@H]1CC[C@@H]2CN1C(=O)N2OCc1ccccc1. The number of aliphatic carboxylic acids is 1. The number of carbonyl (C=O) groups is 6. The molecule has 2 aromatic rings. The predicted octanol–water partition coefficient (Wildman–Crippen LogP) is 4.15. The Labute approximate surface area is 323 Å². The lowest BCUT2D eigenvalue weighted by molar-refractivity contribution is -0.143. The van der Waals surface area contributed by atoms with E-state index < -0.39 is 18.1 Å². The maximum absolute atomic E-state index is 12.7. The van der Waals surface area contributed by atoms with Gasteiger partial charge in [0.15, 0.2) is 5.78 Å². The lowest BCUT2D eigenvalue weighted by Gasteiger charge is -2.29. The van der Waals surface area contributed by atoms with Crippen molar-refractivity contribution >= 4 is 35.5 Å². The Morgan fingerprint density at radius 2 is 1.16 bits per heavy atom. The van der Waals surface area contributed by atoms with Crippen molar-refractivity contribution in [3.05, 3.63) is 71.8 Å². The van der Waals surface area contributed by atoms with E-state index >= 15 is 0 Å². The van der Waals surface area contributed by atoms with Gasteiger partial charge in [-0.2, -0.15) is 10.1 Å². The predicted molar refractivity (Wildman–Crippen MR) is 203 cm³/mol. The van der Waals surface area contributed by atoms with Crippen molar-refractivity contribution in [2.24, 2.45) is 17.6 Å². The van der Waals surface area contributed by atoms with Gasteiger partial charge in [-0.1, -0.05) is 88.4 Å². The summed E-state index contributed by atoms with van der Waals surface area (Å²) in [5.74, 6) is -0.950. The van der Waals surface area contributed by atoms with Gasteiger partial charge in [0.05, 0.1) is 25.2 Å². The Morgan fingerprint density at radius 1 is 0.727 bits per heavy atom. The van der Waals surface area contributed by atoms with Gasteiger partial charge in [-0.3, -0.25) is 24.1 Å². The van der Waals surface area contributed by atoms with Crippen LogP contribution >= 0.6 is 0 Å². The Morgan fingerprint density at radius 3 is 1.58 bits per heavy atom. The first-order chi connectivity index (χ1) is 26.4. The molecule has 4 bridgehead atoms. The Hall–Kier alpha value is -4.86. The van der Waals surface area contributed by atoms with Gasteiger partial charge in [0.1, 0.15) is 31.1 Å². The van der Waals surface area contributed by atoms with E-state index in [0.717, 1.165) is 24.0 Å². The van der Waals surface area contributed by atoms with Crippen molar-refractivity contribution in [1.82, 2.24) is 25.2 Å². The highest BCUT2D eigenvalue weighted by molar-refractivity contribution is 5.92. The second-order valence-corrected chi connectivity index (χ2v) is 14.3. The minimum Gasteiger partial charge on any atom is -0.480 e. The topological polar surface area (TPSA) is 192 Å².